The van der Waals surface area contributed by atoms with Crippen molar-refractivity contribution < 1.29 is 19.4 Å². The van der Waals surface area contributed by atoms with Crippen LogP contribution < -0.4 is 15.4 Å². The van der Waals surface area contributed by atoms with Crippen molar-refractivity contribution in [1.82, 2.24) is 5.32 Å². The van der Waals surface area contributed by atoms with Crippen molar-refractivity contribution in [3.63, 3.8) is 0 Å². The maximum absolute atomic E-state index is 12.5. The molecule has 0 unspecified atom stereocenters. The molecule has 0 saturated heterocycles. The molecule has 0 heterocycles. The van der Waals surface area contributed by atoms with Gasteiger partial charge in [-0.2, -0.15) is 0 Å². The summed E-state index contributed by atoms with van der Waals surface area (Å²) in [4.78, 5) is 24.9. The number of benzene rings is 4. The van der Waals surface area contributed by atoms with E-state index >= 15 is 0 Å². The van der Waals surface area contributed by atoms with E-state index in [1.165, 1.54) is 0 Å². The first-order valence-corrected chi connectivity index (χ1v) is 9.43. The third kappa shape index (κ3) is 3.63. The molecule has 4 aromatic rings. The summed E-state index contributed by atoms with van der Waals surface area (Å²) in [6.45, 7) is 0.146. The van der Waals surface area contributed by atoms with E-state index in [-0.39, 0.29) is 12.3 Å². The molecule has 0 aliphatic rings. The van der Waals surface area contributed by atoms with E-state index in [0.29, 0.717) is 22.2 Å². The molecule has 0 spiro atoms. The zero-order valence-corrected chi connectivity index (χ0v) is 16.3. The van der Waals surface area contributed by atoms with Gasteiger partial charge in [-0.25, -0.2) is 0 Å². The molecule has 0 saturated carbocycles. The highest BCUT2D eigenvalue weighted by molar-refractivity contribution is 6.40. The second kappa shape index (κ2) is 8.13. The first-order valence-electron chi connectivity index (χ1n) is 9.43. The Hall–Kier alpha value is -4.06. The van der Waals surface area contributed by atoms with Crippen LogP contribution in [0.4, 0.5) is 5.69 Å². The molecule has 0 aromatic heterocycles. The zero-order chi connectivity index (χ0) is 21.1. The highest BCUT2D eigenvalue weighted by atomic mass is 16.5. The number of hydrogen-bond donors (Lipinski definition) is 3. The van der Waals surface area contributed by atoms with Gasteiger partial charge < -0.3 is 20.5 Å². The van der Waals surface area contributed by atoms with Gasteiger partial charge in [-0.15, -0.1) is 0 Å². The van der Waals surface area contributed by atoms with E-state index in [4.69, 9.17) is 4.74 Å². The minimum absolute atomic E-state index is 0.108. The first kappa shape index (κ1) is 19.3. The summed E-state index contributed by atoms with van der Waals surface area (Å²) in [6, 6.07) is 21.7. The molecule has 4 rings (SSSR count). The number of rotatable bonds is 4. The van der Waals surface area contributed by atoms with Crippen LogP contribution in [0.15, 0.2) is 72.8 Å². The number of methoxy groups -OCH3 is 1. The summed E-state index contributed by atoms with van der Waals surface area (Å²) < 4.78 is 5.43. The topological polar surface area (TPSA) is 87.7 Å². The average molecular weight is 400 g/mol. The highest BCUT2D eigenvalue weighted by Crippen LogP contribution is 2.30. The predicted octanol–water partition coefficient (Wildman–Crippen LogP) is 3.96. The van der Waals surface area contributed by atoms with Crippen LogP contribution >= 0.6 is 0 Å². The van der Waals surface area contributed by atoms with Gasteiger partial charge in [0.2, 0.25) is 0 Å². The Morgan fingerprint density at radius 2 is 1.57 bits per heavy atom. The number of fused-ring (bicyclic) bond motifs is 2. The van der Waals surface area contributed by atoms with Gasteiger partial charge in [0.25, 0.3) is 0 Å². The molecule has 6 heteroatoms. The molecular formula is C24H20N2O4. The number of nitrogens with one attached hydrogen (secondary N) is 2. The highest BCUT2D eigenvalue weighted by Gasteiger charge is 2.17. The SMILES string of the molecule is COc1ccc2ccccc2c1CNC(=O)C(=O)Nc1cccc2c(O)cccc12. The lowest BCUT2D eigenvalue weighted by Crippen LogP contribution is -2.35. The van der Waals surface area contributed by atoms with Gasteiger partial charge in [0.15, 0.2) is 0 Å². The Labute approximate surface area is 173 Å². The van der Waals surface area contributed by atoms with Gasteiger partial charge in [0, 0.05) is 28.6 Å². The van der Waals surface area contributed by atoms with E-state index in [0.717, 1.165) is 16.3 Å². The van der Waals surface area contributed by atoms with E-state index < -0.39 is 11.8 Å². The molecule has 2 amide bonds. The number of aromatic hydroxyl groups is 1. The lowest BCUT2D eigenvalue weighted by molar-refractivity contribution is -0.136. The molecule has 3 N–H and O–H groups in total. The van der Waals surface area contributed by atoms with Crippen LogP contribution in [-0.2, 0) is 16.1 Å². The summed E-state index contributed by atoms with van der Waals surface area (Å²) in [5.41, 5.74) is 1.25. The zero-order valence-electron chi connectivity index (χ0n) is 16.3. The second-order valence-corrected chi connectivity index (χ2v) is 6.78. The predicted molar refractivity (Wildman–Crippen MR) is 117 cm³/mol. The van der Waals surface area contributed by atoms with Crippen LogP contribution in [0.5, 0.6) is 11.5 Å². The van der Waals surface area contributed by atoms with Crippen molar-refractivity contribution in [3.05, 3.63) is 78.4 Å². The molecule has 30 heavy (non-hydrogen) atoms. The molecule has 4 aromatic carbocycles. The molecule has 0 radical (unpaired) electrons. The number of phenolic OH excluding ortho intramolecular Hbond substituents is 1. The van der Waals surface area contributed by atoms with E-state index in [1.54, 1.807) is 43.5 Å². The monoisotopic (exact) mass is 400 g/mol. The quantitative estimate of drug-likeness (QED) is 0.453. The third-order valence-corrected chi connectivity index (χ3v) is 5.00. The van der Waals surface area contributed by atoms with E-state index in [2.05, 4.69) is 10.6 Å². The second-order valence-electron chi connectivity index (χ2n) is 6.78. The summed E-state index contributed by atoms with van der Waals surface area (Å²) in [7, 11) is 1.57. The normalized spacial score (nSPS) is 10.7. The smallest absolute Gasteiger partial charge is 0.313 e. The summed E-state index contributed by atoms with van der Waals surface area (Å²) >= 11 is 0. The van der Waals surface area contributed by atoms with Gasteiger partial charge >= 0.3 is 11.8 Å². The number of amides is 2. The minimum Gasteiger partial charge on any atom is -0.507 e. The van der Waals surface area contributed by atoms with Gasteiger partial charge in [0.1, 0.15) is 11.5 Å². The lowest BCUT2D eigenvalue weighted by atomic mass is 10.0. The van der Waals surface area contributed by atoms with Crippen molar-refractivity contribution in [2.45, 2.75) is 6.54 Å². The Bertz CT molecular complexity index is 1270. The molecule has 150 valence electrons. The molecule has 0 bridgehead atoms. The van der Waals surface area contributed by atoms with Crippen LogP contribution in [0.25, 0.3) is 21.5 Å². The van der Waals surface area contributed by atoms with Crippen molar-refractivity contribution in [2.24, 2.45) is 0 Å². The maximum Gasteiger partial charge on any atom is 0.313 e. The Morgan fingerprint density at radius 1 is 0.833 bits per heavy atom. The fourth-order valence-electron chi connectivity index (χ4n) is 3.52. The number of phenols is 1. The Balaban J connectivity index is 1.53. The molecular weight excluding hydrogens is 380 g/mol. The third-order valence-electron chi connectivity index (χ3n) is 5.00. The van der Waals surface area contributed by atoms with Crippen LogP contribution in [-0.4, -0.2) is 24.0 Å². The molecule has 0 aliphatic carbocycles. The number of carbonyl (C=O) groups is 2. The Kier molecular flexibility index (Phi) is 5.22. The number of anilines is 1. The number of hydrogen-bond acceptors (Lipinski definition) is 4. The van der Waals surface area contributed by atoms with Gasteiger partial charge in [0.05, 0.1) is 7.11 Å². The standard InChI is InChI=1S/C24H20N2O4/c1-30-22-13-12-15-6-2-3-7-16(15)19(22)14-25-23(28)24(29)26-20-10-4-9-18-17(20)8-5-11-21(18)27/h2-13,27H,14H2,1H3,(H,25,28)(H,26,29). The minimum atomic E-state index is -0.787. The molecule has 0 atom stereocenters. The van der Waals surface area contributed by atoms with Crippen LogP contribution in [0, 0.1) is 0 Å². The molecule has 0 aliphatic heterocycles. The van der Waals surface area contributed by atoms with Crippen LogP contribution in [0.2, 0.25) is 0 Å². The summed E-state index contributed by atoms with van der Waals surface area (Å²) in [6.07, 6.45) is 0. The average Bonchev–Trinajstić information content (AvgIpc) is 2.77. The van der Waals surface area contributed by atoms with Crippen LogP contribution in [0.3, 0.4) is 0 Å². The molecule has 6 nitrogen and oxygen atoms in total. The van der Waals surface area contributed by atoms with E-state index in [1.807, 2.05) is 36.4 Å². The summed E-state index contributed by atoms with van der Waals surface area (Å²) in [5.74, 6) is -0.803. The number of ether oxygens (including phenoxy) is 1. The molecule has 0 fully saturated rings. The van der Waals surface area contributed by atoms with E-state index in [9.17, 15) is 14.7 Å². The van der Waals surface area contributed by atoms with Crippen molar-refractivity contribution in [1.29, 1.82) is 0 Å². The van der Waals surface area contributed by atoms with Crippen LogP contribution in [0.1, 0.15) is 5.56 Å². The van der Waals surface area contributed by atoms with Gasteiger partial charge in [-0.1, -0.05) is 54.6 Å². The fourth-order valence-corrected chi connectivity index (χ4v) is 3.52. The van der Waals surface area contributed by atoms with Crippen molar-refractivity contribution in [3.8, 4) is 11.5 Å². The summed E-state index contributed by atoms with van der Waals surface area (Å²) in [5, 5.41) is 18.5. The largest absolute Gasteiger partial charge is 0.507 e. The number of carbonyl (C=O) groups excluding carboxylic acids is 2. The van der Waals surface area contributed by atoms with Crippen molar-refractivity contribution in [2.75, 3.05) is 12.4 Å². The van der Waals surface area contributed by atoms with Gasteiger partial charge in [-0.3, -0.25) is 9.59 Å². The lowest BCUT2D eigenvalue weighted by Gasteiger charge is -2.13. The maximum atomic E-state index is 12.5. The fraction of sp³-hybridized carbons (Fsp3) is 0.0833. The first-order chi connectivity index (χ1) is 14.6. The van der Waals surface area contributed by atoms with Gasteiger partial charge in [-0.05, 0) is 29.0 Å². The van der Waals surface area contributed by atoms with Crippen molar-refractivity contribution >= 4 is 39.0 Å². The Morgan fingerprint density at radius 3 is 2.40 bits per heavy atom.